The van der Waals surface area contributed by atoms with Crippen molar-refractivity contribution in [2.45, 2.75) is 31.8 Å². The van der Waals surface area contributed by atoms with Gasteiger partial charge in [0.15, 0.2) is 11.5 Å². The number of imide groups is 2. The SMILES string of the molecule is COc1cccc([C@H]2C3=CC[C@@H]4C(=O)N(Cc5cccs5)C(=O)[C@@H]4[C@@H]3C[C@H]3C(=O)N(Cc4cccs4)C(=O)[C@@H]23)c1O. The number of aromatic hydroxyl groups is 1. The molecule has 10 heteroatoms. The lowest BCUT2D eigenvalue weighted by atomic mass is 9.57. The molecule has 8 nitrogen and oxygen atoms in total. The molecule has 0 unspecified atom stereocenters. The minimum Gasteiger partial charge on any atom is -0.504 e. The van der Waals surface area contributed by atoms with Gasteiger partial charge in [-0.05, 0) is 47.7 Å². The zero-order chi connectivity index (χ0) is 28.4. The number of likely N-dealkylation sites (tertiary alicyclic amines) is 2. The average molecular weight is 589 g/mol. The molecule has 4 aliphatic rings. The molecule has 6 atom stereocenters. The average Bonchev–Trinajstić information content (AvgIpc) is 3.77. The fourth-order valence-corrected chi connectivity index (χ4v) is 8.84. The third kappa shape index (κ3) is 3.99. The molecule has 1 aromatic carbocycles. The first-order valence-electron chi connectivity index (χ1n) is 13.7. The summed E-state index contributed by atoms with van der Waals surface area (Å²) < 4.78 is 5.39. The summed E-state index contributed by atoms with van der Waals surface area (Å²) in [5.41, 5.74) is 1.36. The number of carbonyl (C=O) groups excluding carboxylic acids is 4. The molecule has 7 rings (SSSR count). The number of nitrogens with zero attached hydrogens (tertiary/aromatic N) is 2. The van der Waals surface area contributed by atoms with Gasteiger partial charge < -0.3 is 9.84 Å². The molecule has 0 radical (unpaired) electrons. The van der Waals surface area contributed by atoms with E-state index in [0.29, 0.717) is 18.4 Å². The predicted molar refractivity (Wildman–Crippen MR) is 152 cm³/mol. The number of para-hydroxylation sites is 1. The Balaban J connectivity index is 1.31. The Labute approximate surface area is 244 Å². The van der Waals surface area contributed by atoms with Crippen molar-refractivity contribution in [2.24, 2.45) is 29.6 Å². The van der Waals surface area contributed by atoms with Crippen LogP contribution >= 0.6 is 22.7 Å². The fourth-order valence-electron chi connectivity index (χ4n) is 7.45. The molecule has 0 spiro atoms. The normalized spacial score (nSPS) is 29.0. The molecule has 4 amide bonds. The summed E-state index contributed by atoms with van der Waals surface area (Å²) in [4.78, 5) is 59.9. The highest BCUT2D eigenvalue weighted by molar-refractivity contribution is 7.10. The van der Waals surface area contributed by atoms with Gasteiger partial charge in [-0.2, -0.15) is 0 Å². The van der Waals surface area contributed by atoms with E-state index < -0.39 is 35.5 Å². The molecule has 41 heavy (non-hydrogen) atoms. The Morgan fingerprint density at radius 1 is 0.805 bits per heavy atom. The molecular formula is C31H28N2O6S2. The van der Waals surface area contributed by atoms with Gasteiger partial charge in [0.2, 0.25) is 23.6 Å². The van der Waals surface area contributed by atoms with Crippen molar-refractivity contribution in [1.82, 2.24) is 9.80 Å². The Hall–Kier alpha value is -3.76. The number of benzene rings is 1. The van der Waals surface area contributed by atoms with Gasteiger partial charge in [0.05, 0.1) is 43.9 Å². The van der Waals surface area contributed by atoms with E-state index in [4.69, 9.17) is 4.74 Å². The summed E-state index contributed by atoms with van der Waals surface area (Å²) in [5, 5.41) is 15.1. The van der Waals surface area contributed by atoms with Crippen LogP contribution < -0.4 is 4.74 Å². The van der Waals surface area contributed by atoms with Gasteiger partial charge in [0, 0.05) is 21.2 Å². The third-order valence-corrected chi connectivity index (χ3v) is 10.9. The quantitative estimate of drug-likeness (QED) is 0.335. The van der Waals surface area contributed by atoms with E-state index in [2.05, 4.69) is 0 Å². The topological polar surface area (TPSA) is 104 Å². The summed E-state index contributed by atoms with van der Waals surface area (Å²) >= 11 is 2.99. The largest absolute Gasteiger partial charge is 0.504 e. The monoisotopic (exact) mass is 588 g/mol. The second kappa shape index (κ2) is 9.95. The van der Waals surface area contributed by atoms with Crippen LogP contribution in [0.5, 0.6) is 11.5 Å². The fraction of sp³-hybridized carbons (Fsp3) is 0.355. The maximum atomic E-state index is 14.0. The maximum absolute atomic E-state index is 14.0. The zero-order valence-electron chi connectivity index (χ0n) is 22.3. The van der Waals surface area contributed by atoms with E-state index in [-0.39, 0.29) is 48.2 Å². The second-order valence-corrected chi connectivity index (χ2v) is 13.2. The molecule has 4 heterocycles. The molecular weight excluding hydrogens is 560 g/mol. The lowest BCUT2D eigenvalue weighted by Crippen LogP contribution is -2.43. The first-order chi connectivity index (χ1) is 19.9. The predicted octanol–water partition coefficient (Wildman–Crippen LogP) is 4.56. The van der Waals surface area contributed by atoms with Crippen molar-refractivity contribution in [3.8, 4) is 11.5 Å². The van der Waals surface area contributed by atoms with E-state index in [1.807, 2.05) is 41.1 Å². The van der Waals surface area contributed by atoms with Crippen LogP contribution in [0.15, 0.2) is 64.9 Å². The highest BCUT2D eigenvalue weighted by atomic mass is 32.1. The minimum absolute atomic E-state index is 0.0764. The van der Waals surface area contributed by atoms with Crippen LogP contribution in [0, 0.1) is 29.6 Å². The summed E-state index contributed by atoms with van der Waals surface area (Å²) in [6.07, 6.45) is 2.68. The van der Waals surface area contributed by atoms with E-state index in [0.717, 1.165) is 15.3 Å². The van der Waals surface area contributed by atoms with Gasteiger partial charge in [-0.3, -0.25) is 29.0 Å². The van der Waals surface area contributed by atoms with Crippen LogP contribution in [0.25, 0.3) is 0 Å². The van der Waals surface area contributed by atoms with E-state index in [1.54, 1.807) is 18.2 Å². The molecule has 1 saturated carbocycles. The van der Waals surface area contributed by atoms with Crippen molar-refractivity contribution in [1.29, 1.82) is 0 Å². The molecule has 2 saturated heterocycles. The number of ether oxygens (including phenoxy) is 1. The number of fused-ring (bicyclic) bond motifs is 4. The van der Waals surface area contributed by atoms with Gasteiger partial charge in [0.1, 0.15) is 0 Å². The van der Waals surface area contributed by atoms with E-state index in [9.17, 15) is 24.3 Å². The van der Waals surface area contributed by atoms with Gasteiger partial charge in [-0.1, -0.05) is 35.9 Å². The van der Waals surface area contributed by atoms with Crippen LogP contribution in [-0.4, -0.2) is 45.6 Å². The number of hydrogen-bond acceptors (Lipinski definition) is 8. The standard InChI is InChI=1S/C31H28N2O6S2/c1-39-23-8-2-7-19(27(23)34)24-18-9-10-20-25(30(37)32(28(20)35)14-16-5-3-11-40-16)21(18)13-22-26(24)31(38)33(29(22)36)15-17-6-4-12-41-17/h2-9,11-12,20-22,24-26,34H,10,13-15H2,1H3/t20-,21+,22+,24+,25-,26+/m0/s1. The van der Waals surface area contributed by atoms with Gasteiger partial charge in [-0.15, -0.1) is 22.7 Å². The summed E-state index contributed by atoms with van der Waals surface area (Å²) in [7, 11) is 1.47. The highest BCUT2D eigenvalue weighted by Crippen LogP contribution is 2.59. The molecule has 210 valence electrons. The molecule has 2 aliphatic carbocycles. The van der Waals surface area contributed by atoms with Crippen LogP contribution in [0.4, 0.5) is 0 Å². The highest BCUT2D eigenvalue weighted by Gasteiger charge is 2.62. The molecule has 2 aromatic heterocycles. The first kappa shape index (κ1) is 26.2. The van der Waals surface area contributed by atoms with E-state index >= 15 is 0 Å². The summed E-state index contributed by atoms with van der Waals surface area (Å²) in [6.45, 7) is 0.434. The van der Waals surface area contributed by atoms with E-state index in [1.165, 1.54) is 39.6 Å². The van der Waals surface area contributed by atoms with Gasteiger partial charge in [0.25, 0.3) is 0 Å². The molecule has 3 fully saturated rings. The number of hydrogen-bond donors (Lipinski definition) is 1. The summed E-state index contributed by atoms with van der Waals surface area (Å²) in [5.74, 6) is -4.21. The smallest absolute Gasteiger partial charge is 0.234 e. The Kier molecular flexibility index (Phi) is 6.35. The van der Waals surface area contributed by atoms with Crippen LogP contribution in [0.3, 0.4) is 0 Å². The zero-order valence-corrected chi connectivity index (χ0v) is 23.9. The number of methoxy groups -OCH3 is 1. The van der Waals surface area contributed by atoms with Gasteiger partial charge >= 0.3 is 0 Å². The Morgan fingerprint density at radius 2 is 1.44 bits per heavy atom. The molecule has 3 aromatic rings. The van der Waals surface area contributed by atoms with Crippen molar-refractivity contribution < 1.29 is 29.0 Å². The van der Waals surface area contributed by atoms with Crippen molar-refractivity contribution in [2.75, 3.05) is 7.11 Å². The first-order valence-corrected chi connectivity index (χ1v) is 15.5. The number of amides is 4. The van der Waals surface area contributed by atoms with Gasteiger partial charge in [-0.25, -0.2) is 0 Å². The van der Waals surface area contributed by atoms with Crippen molar-refractivity contribution in [3.05, 3.63) is 80.2 Å². The number of rotatable bonds is 6. The lowest BCUT2D eigenvalue weighted by molar-refractivity contribution is -0.142. The number of thiophene rings is 2. The van der Waals surface area contributed by atoms with Crippen molar-refractivity contribution >= 4 is 46.3 Å². The minimum atomic E-state index is -0.714. The number of allylic oxidation sites excluding steroid dienone is 2. The Bertz CT molecular complexity index is 1580. The van der Waals surface area contributed by atoms with Crippen LogP contribution in [-0.2, 0) is 32.3 Å². The third-order valence-electron chi connectivity index (χ3n) is 9.20. The van der Waals surface area contributed by atoms with Crippen LogP contribution in [0.2, 0.25) is 0 Å². The number of carbonyl (C=O) groups is 4. The molecule has 0 bridgehead atoms. The summed E-state index contributed by atoms with van der Waals surface area (Å²) in [6, 6.07) is 12.8. The maximum Gasteiger partial charge on any atom is 0.234 e. The lowest BCUT2D eigenvalue weighted by Gasteiger charge is -2.44. The number of phenols is 1. The molecule has 2 aliphatic heterocycles. The molecule has 1 N–H and O–H groups in total. The number of phenolic OH excluding ortho intramolecular Hbond substituents is 1. The van der Waals surface area contributed by atoms with Crippen molar-refractivity contribution in [3.63, 3.8) is 0 Å². The Morgan fingerprint density at radius 3 is 2.05 bits per heavy atom. The van der Waals surface area contributed by atoms with Crippen LogP contribution in [0.1, 0.15) is 34.1 Å². The second-order valence-electron chi connectivity index (χ2n) is 11.1.